The number of isothiocyanates is 1. The van der Waals surface area contributed by atoms with Crippen molar-refractivity contribution in [2.24, 2.45) is 4.99 Å². The fourth-order valence-corrected chi connectivity index (χ4v) is 1.17. The van der Waals surface area contributed by atoms with E-state index in [1.54, 1.807) is 0 Å². The summed E-state index contributed by atoms with van der Waals surface area (Å²) < 4.78 is 0. The van der Waals surface area contributed by atoms with E-state index in [2.05, 4.69) is 32.6 Å². The molecule has 0 amide bonds. The molecule has 1 aromatic carbocycles. The normalized spacial score (nSPS) is 9.67. The number of hydrogen-bond donors (Lipinski definition) is 1. The predicted octanol–water partition coefficient (Wildman–Crippen LogP) is 2.30. The number of nitrogens with zero attached hydrogens (tertiary/aromatic N) is 2. The molecule has 12 heavy (non-hydrogen) atoms. The van der Waals surface area contributed by atoms with Crippen molar-refractivity contribution in [2.75, 3.05) is 0 Å². The van der Waals surface area contributed by atoms with Crippen molar-refractivity contribution in [2.45, 2.75) is 0 Å². The number of para-hydroxylation sites is 1. The maximum atomic E-state index is 4.50. The smallest absolute Gasteiger partial charge is 0.166 e. The number of H-pyrrole nitrogens is 1. The number of thiocarbonyl (C=S) groups is 1. The molecule has 1 heterocycles. The lowest BCUT2D eigenvalue weighted by molar-refractivity contribution is 1.11. The summed E-state index contributed by atoms with van der Waals surface area (Å²) in [6, 6.07) is 7.70. The largest absolute Gasteiger partial charge is 0.260 e. The average molecular weight is 175 g/mol. The standard InChI is InChI=1S/C8H5N3S/c12-5-9-8-6-3-1-2-4-7(6)10-11-8/h1-4H,(H,10,11). The topological polar surface area (TPSA) is 41.0 Å². The summed E-state index contributed by atoms with van der Waals surface area (Å²) in [6.45, 7) is 0. The molecule has 1 N–H and O–H groups in total. The molecule has 0 unspecified atom stereocenters. The first-order chi connectivity index (χ1) is 5.92. The molecule has 0 aliphatic rings. The maximum absolute atomic E-state index is 4.50. The molecule has 0 radical (unpaired) electrons. The Kier molecular flexibility index (Phi) is 1.70. The molecule has 58 valence electrons. The van der Waals surface area contributed by atoms with Crippen LogP contribution >= 0.6 is 12.2 Å². The molecule has 4 heteroatoms. The van der Waals surface area contributed by atoms with Crippen LogP contribution in [0.25, 0.3) is 10.9 Å². The van der Waals surface area contributed by atoms with E-state index in [0.717, 1.165) is 10.9 Å². The molecular formula is C8H5N3S. The van der Waals surface area contributed by atoms with Crippen molar-refractivity contribution in [1.82, 2.24) is 10.2 Å². The Labute approximate surface area is 74.1 Å². The molecule has 0 bridgehead atoms. The van der Waals surface area contributed by atoms with Gasteiger partial charge in [-0.1, -0.05) is 12.1 Å². The number of nitrogens with one attached hydrogen (secondary N) is 1. The highest BCUT2D eigenvalue weighted by molar-refractivity contribution is 7.78. The maximum Gasteiger partial charge on any atom is 0.166 e. The van der Waals surface area contributed by atoms with Crippen molar-refractivity contribution < 1.29 is 0 Å². The van der Waals surface area contributed by atoms with Gasteiger partial charge in [0, 0.05) is 5.39 Å². The number of rotatable bonds is 1. The lowest BCUT2D eigenvalue weighted by Crippen LogP contribution is -1.63. The molecular weight excluding hydrogens is 170 g/mol. The quantitative estimate of drug-likeness (QED) is 0.533. The Morgan fingerprint density at radius 2 is 2.25 bits per heavy atom. The van der Waals surface area contributed by atoms with Gasteiger partial charge in [0.2, 0.25) is 0 Å². The van der Waals surface area contributed by atoms with Crippen LogP contribution in [0.2, 0.25) is 0 Å². The van der Waals surface area contributed by atoms with Gasteiger partial charge >= 0.3 is 0 Å². The number of aliphatic imine (C=N–C) groups is 1. The minimum Gasteiger partial charge on any atom is -0.260 e. The van der Waals surface area contributed by atoms with Crippen LogP contribution in [0.1, 0.15) is 0 Å². The van der Waals surface area contributed by atoms with Crippen LogP contribution in [-0.2, 0) is 0 Å². The molecule has 0 saturated carbocycles. The number of hydrogen-bond acceptors (Lipinski definition) is 3. The van der Waals surface area contributed by atoms with Gasteiger partial charge in [-0.05, 0) is 24.4 Å². The highest BCUT2D eigenvalue weighted by Crippen LogP contribution is 2.21. The third-order valence-electron chi connectivity index (χ3n) is 1.60. The third kappa shape index (κ3) is 1.03. The van der Waals surface area contributed by atoms with Crippen LogP contribution in [0.15, 0.2) is 29.3 Å². The summed E-state index contributed by atoms with van der Waals surface area (Å²) in [5, 5.41) is 10.1. The zero-order valence-electron chi connectivity index (χ0n) is 6.11. The van der Waals surface area contributed by atoms with Gasteiger partial charge in [-0.2, -0.15) is 10.1 Å². The van der Waals surface area contributed by atoms with Crippen LogP contribution in [-0.4, -0.2) is 15.4 Å². The minimum absolute atomic E-state index is 0.667. The molecule has 0 saturated heterocycles. The summed E-state index contributed by atoms with van der Waals surface area (Å²) >= 11 is 4.50. The lowest BCUT2D eigenvalue weighted by Gasteiger charge is -1.84. The van der Waals surface area contributed by atoms with Gasteiger partial charge < -0.3 is 0 Å². The van der Waals surface area contributed by atoms with Gasteiger partial charge in [0.25, 0.3) is 0 Å². The molecule has 2 rings (SSSR count). The van der Waals surface area contributed by atoms with Crippen LogP contribution in [0.4, 0.5) is 5.82 Å². The molecule has 2 aromatic rings. The highest BCUT2D eigenvalue weighted by atomic mass is 32.1. The molecule has 3 nitrogen and oxygen atoms in total. The first-order valence-corrected chi connectivity index (χ1v) is 3.83. The first kappa shape index (κ1) is 7.16. The van der Waals surface area contributed by atoms with Gasteiger partial charge in [-0.25, -0.2) is 0 Å². The van der Waals surface area contributed by atoms with Crippen LogP contribution in [0, 0.1) is 0 Å². The second kappa shape index (κ2) is 2.85. The number of aromatic nitrogens is 2. The predicted molar refractivity (Wildman–Crippen MR) is 50.8 cm³/mol. The molecule has 0 atom stereocenters. The monoisotopic (exact) mass is 175 g/mol. The fourth-order valence-electron chi connectivity index (χ4n) is 1.08. The van der Waals surface area contributed by atoms with Gasteiger partial charge in [0.1, 0.15) is 0 Å². The summed E-state index contributed by atoms with van der Waals surface area (Å²) in [7, 11) is 0. The van der Waals surface area contributed by atoms with Gasteiger partial charge in [0.15, 0.2) is 5.82 Å². The molecule has 0 aliphatic heterocycles. The van der Waals surface area contributed by atoms with E-state index in [4.69, 9.17) is 0 Å². The summed E-state index contributed by atoms with van der Waals surface area (Å²) in [6.07, 6.45) is 0. The lowest BCUT2D eigenvalue weighted by atomic mass is 10.2. The van der Waals surface area contributed by atoms with E-state index in [9.17, 15) is 0 Å². The number of benzene rings is 1. The van der Waals surface area contributed by atoms with Crippen molar-refractivity contribution >= 4 is 34.1 Å². The molecule has 0 spiro atoms. The SMILES string of the molecule is S=C=Nc1[nH]nc2ccccc12. The van der Waals surface area contributed by atoms with Crippen molar-refractivity contribution in [3.05, 3.63) is 24.3 Å². The Balaban J connectivity index is 2.78. The number of aromatic amines is 1. The van der Waals surface area contributed by atoms with Crippen LogP contribution in [0.5, 0.6) is 0 Å². The van der Waals surface area contributed by atoms with Gasteiger partial charge in [-0.15, -0.1) is 0 Å². The summed E-state index contributed by atoms with van der Waals surface area (Å²) in [4.78, 5) is 3.84. The Morgan fingerprint density at radius 3 is 3.08 bits per heavy atom. The third-order valence-corrected chi connectivity index (χ3v) is 1.69. The van der Waals surface area contributed by atoms with Gasteiger partial charge in [-0.3, -0.25) is 5.10 Å². The zero-order valence-corrected chi connectivity index (χ0v) is 6.93. The first-order valence-electron chi connectivity index (χ1n) is 3.43. The van der Waals surface area contributed by atoms with Crippen molar-refractivity contribution in [3.63, 3.8) is 0 Å². The van der Waals surface area contributed by atoms with E-state index in [0.29, 0.717) is 5.82 Å². The average Bonchev–Trinajstić information content (AvgIpc) is 2.50. The number of fused-ring (bicyclic) bond motifs is 1. The highest BCUT2D eigenvalue weighted by Gasteiger charge is 2.00. The second-order valence-electron chi connectivity index (χ2n) is 2.29. The van der Waals surface area contributed by atoms with E-state index < -0.39 is 0 Å². The van der Waals surface area contributed by atoms with Crippen LogP contribution in [0.3, 0.4) is 0 Å². The van der Waals surface area contributed by atoms with E-state index in [-0.39, 0.29) is 0 Å². The minimum atomic E-state index is 0.667. The molecule has 0 fully saturated rings. The second-order valence-corrected chi connectivity index (χ2v) is 2.48. The van der Waals surface area contributed by atoms with Crippen molar-refractivity contribution in [3.8, 4) is 0 Å². The fraction of sp³-hybridized carbons (Fsp3) is 0. The van der Waals surface area contributed by atoms with Crippen LogP contribution < -0.4 is 0 Å². The van der Waals surface area contributed by atoms with E-state index >= 15 is 0 Å². The zero-order chi connectivity index (χ0) is 8.39. The Hall–Kier alpha value is -1.51. The Bertz CT molecular complexity index is 454. The van der Waals surface area contributed by atoms with Gasteiger partial charge in [0.05, 0.1) is 10.7 Å². The molecule has 1 aromatic heterocycles. The van der Waals surface area contributed by atoms with Crippen molar-refractivity contribution in [1.29, 1.82) is 0 Å². The molecule has 0 aliphatic carbocycles. The van der Waals surface area contributed by atoms with E-state index in [1.807, 2.05) is 24.3 Å². The summed E-state index contributed by atoms with van der Waals surface area (Å²) in [5.74, 6) is 0.667. The Morgan fingerprint density at radius 1 is 1.42 bits per heavy atom. The van der Waals surface area contributed by atoms with E-state index in [1.165, 1.54) is 0 Å². The summed E-state index contributed by atoms with van der Waals surface area (Å²) in [5.41, 5.74) is 0.890.